The van der Waals surface area contributed by atoms with E-state index in [2.05, 4.69) is 25.9 Å². The number of amides is 2. The van der Waals surface area contributed by atoms with Crippen molar-refractivity contribution in [3.05, 3.63) is 100 Å². The maximum atomic E-state index is 13.2. The number of anilines is 1. The first kappa shape index (κ1) is 22.6. The summed E-state index contributed by atoms with van der Waals surface area (Å²) in [6.07, 6.45) is 1.53. The first-order valence-electron chi connectivity index (χ1n) is 11.0. The molecular formula is C25H19N7O4. The fourth-order valence-corrected chi connectivity index (χ4v) is 3.92. The number of fused-ring (bicyclic) bond motifs is 2. The van der Waals surface area contributed by atoms with E-state index in [0.717, 1.165) is 21.8 Å². The van der Waals surface area contributed by atoms with E-state index in [1.807, 2.05) is 48.5 Å². The molecule has 2 amide bonds. The summed E-state index contributed by atoms with van der Waals surface area (Å²) in [4.78, 5) is 40.8. The SMILES string of the molecule is O=C(Cn1cc(CNC(=O)c2c3ccccc3nc3ccccc23)nn1)Nc1ccccc1[N+](=O)[O-]. The number of benzene rings is 3. The van der Waals surface area contributed by atoms with Crippen molar-refractivity contribution in [1.82, 2.24) is 25.3 Å². The van der Waals surface area contributed by atoms with Gasteiger partial charge in [0.05, 0.1) is 34.3 Å². The maximum absolute atomic E-state index is 13.2. The number of nitro groups is 1. The van der Waals surface area contributed by atoms with E-state index in [9.17, 15) is 19.7 Å². The minimum atomic E-state index is -0.568. The van der Waals surface area contributed by atoms with Crippen molar-refractivity contribution >= 4 is 45.0 Å². The van der Waals surface area contributed by atoms with Crippen molar-refractivity contribution in [1.29, 1.82) is 0 Å². The van der Waals surface area contributed by atoms with E-state index < -0.39 is 10.8 Å². The Kier molecular flexibility index (Phi) is 6.02. The predicted octanol–water partition coefficient (Wildman–Crippen LogP) is 3.46. The van der Waals surface area contributed by atoms with Crippen LogP contribution in [-0.4, -0.2) is 36.7 Å². The summed E-state index contributed by atoms with van der Waals surface area (Å²) in [5.74, 6) is -0.784. The molecule has 0 radical (unpaired) electrons. The van der Waals surface area contributed by atoms with Crippen LogP contribution in [-0.2, 0) is 17.9 Å². The van der Waals surface area contributed by atoms with Crippen LogP contribution in [0.4, 0.5) is 11.4 Å². The van der Waals surface area contributed by atoms with Crippen LogP contribution < -0.4 is 10.6 Å². The zero-order valence-electron chi connectivity index (χ0n) is 18.8. The summed E-state index contributed by atoms with van der Waals surface area (Å²) in [7, 11) is 0. The minimum absolute atomic E-state index is 0.0928. The van der Waals surface area contributed by atoms with E-state index in [1.165, 1.54) is 29.1 Å². The first-order valence-corrected chi connectivity index (χ1v) is 11.0. The molecule has 2 heterocycles. The second-order valence-corrected chi connectivity index (χ2v) is 7.93. The number of aromatic nitrogens is 4. The molecule has 0 aliphatic rings. The fraction of sp³-hybridized carbons (Fsp3) is 0.0800. The largest absolute Gasteiger partial charge is 0.346 e. The van der Waals surface area contributed by atoms with Gasteiger partial charge in [-0.1, -0.05) is 53.7 Å². The van der Waals surface area contributed by atoms with E-state index in [4.69, 9.17) is 0 Å². The maximum Gasteiger partial charge on any atom is 0.292 e. The van der Waals surface area contributed by atoms with E-state index in [1.54, 1.807) is 6.07 Å². The van der Waals surface area contributed by atoms with E-state index in [-0.39, 0.29) is 30.4 Å². The van der Waals surface area contributed by atoms with Crippen LogP contribution in [0.1, 0.15) is 16.1 Å². The highest BCUT2D eigenvalue weighted by atomic mass is 16.6. The molecule has 11 nitrogen and oxygen atoms in total. The Bertz CT molecular complexity index is 1580. The number of nitrogens with zero attached hydrogens (tertiary/aromatic N) is 5. The molecule has 36 heavy (non-hydrogen) atoms. The van der Waals surface area contributed by atoms with Crippen LogP contribution in [0.15, 0.2) is 79.0 Å². The molecule has 178 valence electrons. The van der Waals surface area contributed by atoms with Gasteiger partial charge in [0.2, 0.25) is 5.91 Å². The number of hydrogen-bond donors (Lipinski definition) is 2. The van der Waals surface area contributed by atoms with Crippen molar-refractivity contribution in [2.45, 2.75) is 13.1 Å². The summed E-state index contributed by atoms with van der Waals surface area (Å²) >= 11 is 0. The first-order chi connectivity index (χ1) is 17.5. The standard InChI is InChI=1S/C25H19N7O4/c33-23(28-21-11-5-6-12-22(21)32(35)36)15-31-14-16(29-30-31)13-26-25(34)24-17-7-1-3-9-19(17)27-20-10-4-2-8-18(20)24/h1-12,14H,13,15H2,(H,26,34)(H,28,33). The summed E-state index contributed by atoms with van der Waals surface area (Å²) < 4.78 is 1.29. The lowest BCUT2D eigenvalue weighted by Crippen LogP contribution is -2.23. The van der Waals surface area contributed by atoms with Crippen molar-refractivity contribution in [2.75, 3.05) is 5.32 Å². The number of nitro benzene ring substituents is 1. The van der Waals surface area contributed by atoms with Crippen LogP contribution >= 0.6 is 0 Å². The lowest BCUT2D eigenvalue weighted by Gasteiger charge is -2.10. The molecule has 0 aliphatic heterocycles. The average molecular weight is 481 g/mol. The zero-order valence-corrected chi connectivity index (χ0v) is 18.8. The van der Waals surface area contributed by atoms with Gasteiger partial charge in [-0.15, -0.1) is 5.10 Å². The van der Waals surface area contributed by atoms with Gasteiger partial charge >= 0.3 is 0 Å². The zero-order chi connectivity index (χ0) is 25.1. The Morgan fingerprint density at radius 3 is 2.25 bits per heavy atom. The average Bonchev–Trinajstić information content (AvgIpc) is 3.33. The highest BCUT2D eigenvalue weighted by Gasteiger charge is 2.17. The quantitative estimate of drug-likeness (QED) is 0.206. The van der Waals surface area contributed by atoms with Crippen LogP contribution in [0.5, 0.6) is 0 Å². The fourth-order valence-electron chi connectivity index (χ4n) is 3.92. The van der Waals surface area contributed by atoms with Gasteiger partial charge in [0.1, 0.15) is 17.9 Å². The highest BCUT2D eigenvalue weighted by molar-refractivity contribution is 6.16. The Labute approximate surface area is 203 Å². The van der Waals surface area contributed by atoms with Gasteiger partial charge in [0, 0.05) is 16.8 Å². The van der Waals surface area contributed by atoms with Crippen molar-refractivity contribution in [2.24, 2.45) is 0 Å². The Morgan fingerprint density at radius 1 is 0.917 bits per heavy atom. The van der Waals surface area contributed by atoms with Gasteiger partial charge in [0.25, 0.3) is 11.6 Å². The predicted molar refractivity (Wildman–Crippen MR) is 132 cm³/mol. The van der Waals surface area contributed by atoms with Gasteiger partial charge in [-0.3, -0.25) is 19.7 Å². The third-order valence-corrected chi connectivity index (χ3v) is 5.51. The molecule has 0 saturated carbocycles. The number of rotatable bonds is 7. The Balaban J connectivity index is 1.28. The summed E-state index contributed by atoms with van der Waals surface area (Å²) in [6.45, 7) is -0.109. The highest BCUT2D eigenvalue weighted by Crippen LogP contribution is 2.26. The van der Waals surface area contributed by atoms with Gasteiger partial charge < -0.3 is 10.6 Å². The molecule has 3 aromatic carbocycles. The second kappa shape index (κ2) is 9.58. The Hall–Kier alpha value is -5.19. The number of pyridine rings is 1. The molecule has 0 atom stereocenters. The minimum Gasteiger partial charge on any atom is -0.346 e. The number of para-hydroxylation sites is 4. The Morgan fingerprint density at radius 2 is 1.56 bits per heavy atom. The van der Waals surface area contributed by atoms with Gasteiger partial charge in [-0.05, 0) is 18.2 Å². The molecule has 5 aromatic rings. The molecule has 0 unspecified atom stereocenters. The molecule has 0 aliphatic carbocycles. The summed E-state index contributed by atoms with van der Waals surface area (Å²) in [5, 5.41) is 25.9. The van der Waals surface area contributed by atoms with Crippen LogP contribution in [0.2, 0.25) is 0 Å². The molecular weight excluding hydrogens is 462 g/mol. The van der Waals surface area contributed by atoms with E-state index in [0.29, 0.717) is 11.3 Å². The van der Waals surface area contributed by atoms with Gasteiger partial charge in [-0.25, -0.2) is 9.67 Å². The third-order valence-electron chi connectivity index (χ3n) is 5.51. The number of nitrogens with one attached hydrogen (secondary N) is 2. The number of hydrogen-bond acceptors (Lipinski definition) is 7. The van der Waals surface area contributed by atoms with Gasteiger partial charge in [0.15, 0.2) is 0 Å². The lowest BCUT2D eigenvalue weighted by molar-refractivity contribution is -0.383. The number of carbonyl (C=O) groups is 2. The molecule has 0 fully saturated rings. The number of carbonyl (C=O) groups excluding carboxylic acids is 2. The monoisotopic (exact) mass is 481 g/mol. The molecule has 2 aromatic heterocycles. The van der Waals surface area contributed by atoms with Crippen LogP contribution in [0.25, 0.3) is 21.8 Å². The van der Waals surface area contributed by atoms with Crippen LogP contribution in [0.3, 0.4) is 0 Å². The van der Waals surface area contributed by atoms with E-state index >= 15 is 0 Å². The molecule has 0 spiro atoms. The molecule has 2 N–H and O–H groups in total. The van der Waals surface area contributed by atoms with Gasteiger partial charge in [-0.2, -0.15) is 0 Å². The van der Waals surface area contributed by atoms with Crippen molar-refractivity contribution in [3.63, 3.8) is 0 Å². The molecule has 0 saturated heterocycles. The van der Waals surface area contributed by atoms with Crippen molar-refractivity contribution in [3.8, 4) is 0 Å². The summed E-state index contributed by atoms with van der Waals surface area (Å²) in [6, 6.07) is 20.8. The molecule has 0 bridgehead atoms. The smallest absolute Gasteiger partial charge is 0.292 e. The third kappa shape index (κ3) is 4.57. The molecule has 5 rings (SSSR count). The normalized spacial score (nSPS) is 10.9. The summed E-state index contributed by atoms with van der Waals surface area (Å²) in [5.41, 5.74) is 2.30. The molecule has 11 heteroatoms. The van der Waals surface area contributed by atoms with Crippen LogP contribution in [0, 0.1) is 10.1 Å². The topological polar surface area (TPSA) is 145 Å². The lowest BCUT2D eigenvalue weighted by atomic mass is 10.0. The second-order valence-electron chi connectivity index (χ2n) is 7.93. The van der Waals surface area contributed by atoms with Crippen molar-refractivity contribution < 1.29 is 14.5 Å².